The van der Waals surface area contributed by atoms with Crippen LogP contribution in [0.2, 0.25) is 0 Å². The molecule has 3 atom stereocenters. The van der Waals surface area contributed by atoms with Gasteiger partial charge in [-0.25, -0.2) is 4.39 Å². The lowest BCUT2D eigenvalue weighted by molar-refractivity contribution is -0.144. The van der Waals surface area contributed by atoms with E-state index in [0.717, 1.165) is 45.1 Å². The van der Waals surface area contributed by atoms with Gasteiger partial charge in [-0.05, 0) is 62.1 Å². The lowest BCUT2D eigenvalue weighted by Gasteiger charge is -2.48. The molecule has 140 valence electrons. The molecule has 0 aromatic heterocycles. The third kappa shape index (κ3) is 3.49. The van der Waals surface area contributed by atoms with E-state index in [4.69, 9.17) is 0 Å². The van der Waals surface area contributed by atoms with Crippen LogP contribution in [0.25, 0.3) is 0 Å². The molecule has 4 nitrogen and oxygen atoms in total. The van der Waals surface area contributed by atoms with Crippen molar-refractivity contribution in [2.45, 2.75) is 64.0 Å². The third-order valence-corrected chi connectivity index (χ3v) is 6.48. The van der Waals surface area contributed by atoms with Crippen molar-refractivity contribution in [2.75, 3.05) is 6.54 Å². The highest BCUT2D eigenvalue weighted by molar-refractivity contribution is 5.85. The Kier molecular flexibility index (Phi) is 4.49. The molecule has 4 rings (SSSR count). The molecule has 3 fully saturated rings. The van der Waals surface area contributed by atoms with Gasteiger partial charge in [0.2, 0.25) is 11.8 Å². The second-order valence-electron chi connectivity index (χ2n) is 8.58. The number of halogens is 1. The maximum absolute atomic E-state index is 13.3. The number of hydrogen-bond acceptors (Lipinski definition) is 2. The first kappa shape index (κ1) is 17.5. The van der Waals surface area contributed by atoms with Crippen LogP contribution in [-0.2, 0) is 16.0 Å². The second kappa shape index (κ2) is 6.67. The molecule has 5 heteroatoms. The molecule has 1 aliphatic heterocycles. The van der Waals surface area contributed by atoms with E-state index >= 15 is 0 Å². The van der Waals surface area contributed by atoms with Gasteiger partial charge >= 0.3 is 0 Å². The Morgan fingerprint density at radius 1 is 1.27 bits per heavy atom. The summed E-state index contributed by atoms with van der Waals surface area (Å²) < 4.78 is 13.3. The van der Waals surface area contributed by atoms with Gasteiger partial charge in [0.15, 0.2) is 0 Å². The van der Waals surface area contributed by atoms with Crippen molar-refractivity contribution in [1.29, 1.82) is 0 Å². The van der Waals surface area contributed by atoms with Crippen molar-refractivity contribution in [1.82, 2.24) is 10.2 Å². The van der Waals surface area contributed by atoms with Gasteiger partial charge in [0.1, 0.15) is 5.82 Å². The summed E-state index contributed by atoms with van der Waals surface area (Å²) in [5, 5.41) is 3.14. The van der Waals surface area contributed by atoms with Gasteiger partial charge in [-0.2, -0.15) is 0 Å². The van der Waals surface area contributed by atoms with Crippen molar-refractivity contribution < 1.29 is 14.0 Å². The van der Waals surface area contributed by atoms with Crippen LogP contribution in [0, 0.1) is 17.2 Å². The maximum atomic E-state index is 13.3. The first-order valence-corrected chi connectivity index (χ1v) is 9.79. The van der Waals surface area contributed by atoms with Crippen LogP contribution in [0.4, 0.5) is 4.39 Å². The minimum absolute atomic E-state index is 0.0129. The Bertz CT molecular complexity index is 716. The summed E-state index contributed by atoms with van der Waals surface area (Å²) in [5.41, 5.74) is 0.513. The molecule has 1 N–H and O–H groups in total. The van der Waals surface area contributed by atoms with E-state index < -0.39 is 0 Å². The molecule has 1 saturated heterocycles. The normalized spacial score (nSPS) is 29.2. The Hall–Kier alpha value is -1.91. The van der Waals surface area contributed by atoms with E-state index in [2.05, 4.69) is 17.1 Å². The first-order chi connectivity index (χ1) is 12.4. The predicted molar refractivity (Wildman–Crippen MR) is 96.8 cm³/mol. The van der Waals surface area contributed by atoms with Crippen molar-refractivity contribution in [3.63, 3.8) is 0 Å². The van der Waals surface area contributed by atoms with Crippen molar-refractivity contribution >= 4 is 11.8 Å². The number of nitrogens with zero attached hydrogens (tertiary/aromatic N) is 1. The Morgan fingerprint density at radius 2 is 2.08 bits per heavy atom. The molecule has 26 heavy (non-hydrogen) atoms. The quantitative estimate of drug-likeness (QED) is 0.899. The maximum Gasteiger partial charge on any atom is 0.228 e. The zero-order valence-corrected chi connectivity index (χ0v) is 15.3. The first-order valence-electron chi connectivity index (χ1n) is 9.79. The van der Waals surface area contributed by atoms with E-state index in [0.29, 0.717) is 11.5 Å². The number of benzene rings is 1. The van der Waals surface area contributed by atoms with E-state index in [-0.39, 0.29) is 41.6 Å². The van der Waals surface area contributed by atoms with E-state index in [1.54, 1.807) is 12.1 Å². The summed E-state index contributed by atoms with van der Waals surface area (Å²) in [6.45, 7) is 2.88. The van der Waals surface area contributed by atoms with Gasteiger partial charge in [-0.3, -0.25) is 9.59 Å². The molecule has 3 aliphatic rings. The standard InChI is InChI=1S/C21H27FN2O2/c1-21(8-9-21)20(26)24-10-7-14-5-6-17(18(24)12-14)23-19(25)13-15-3-2-4-16(22)11-15/h2-4,11,14,17-18H,5-10,12-13H2,1H3,(H,23,25). The number of amides is 2. The highest BCUT2D eigenvalue weighted by Gasteiger charge is 2.51. The van der Waals surface area contributed by atoms with Gasteiger partial charge < -0.3 is 10.2 Å². The van der Waals surface area contributed by atoms with Crippen LogP contribution in [0.3, 0.4) is 0 Å². The Morgan fingerprint density at radius 3 is 2.81 bits per heavy atom. The molecule has 2 aliphatic carbocycles. The molecule has 0 radical (unpaired) electrons. The minimum atomic E-state index is -0.322. The summed E-state index contributed by atoms with van der Waals surface area (Å²) in [7, 11) is 0. The molecule has 2 saturated carbocycles. The molecule has 3 unspecified atom stereocenters. The molecule has 1 aromatic rings. The number of piperidine rings is 1. The average Bonchev–Trinajstić information content (AvgIpc) is 3.36. The van der Waals surface area contributed by atoms with Crippen molar-refractivity contribution in [2.24, 2.45) is 11.3 Å². The molecular weight excluding hydrogens is 331 g/mol. The zero-order valence-electron chi connectivity index (χ0n) is 15.3. The zero-order chi connectivity index (χ0) is 18.3. The van der Waals surface area contributed by atoms with Crippen LogP contribution in [0.5, 0.6) is 0 Å². The number of carbonyl (C=O) groups is 2. The van der Waals surface area contributed by atoms with Crippen LogP contribution in [0.15, 0.2) is 24.3 Å². The van der Waals surface area contributed by atoms with Crippen molar-refractivity contribution in [3.8, 4) is 0 Å². The fraction of sp³-hybridized carbons (Fsp3) is 0.619. The number of hydrogen-bond donors (Lipinski definition) is 1. The number of likely N-dealkylation sites (tertiary alicyclic amines) is 1. The van der Waals surface area contributed by atoms with Crippen LogP contribution >= 0.6 is 0 Å². The van der Waals surface area contributed by atoms with E-state index in [1.165, 1.54) is 12.1 Å². The van der Waals surface area contributed by atoms with Gasteiger partial charge in [0.05, 0.1) is 12.5 Å². The monoisotopic (exact) mass is 358 g/mol. The van der Waals surface area contributed by atoms with Crippen molar-refractivity contribution in [3.05, 3.63) is 35.6 Å². The Balaban J connectivity index is 1.43. The van der Waals surface area contributed by atoms with Gasteiger partial charge in [-0.1, -0.05) is 19.1 Å². The van der Waals surface area contributed by atoms with Crippen LogP contribution in [-0.4, -0.2) is 35.3 Å². The number of nitrogens with one attached hydrogen (secondary N) is 1. The summed E-state index contributed by atoms with van der Waals surface area (Å²) in [6, 6.07) is 6.31. The third-order valence-electron chi connectivity index (χ3n) is 6.48. The number of fused-ring (bicyclic) bond motifs is 2. The van der Waals surface area contributed by atoms with Gasteiger partial charge in [0, 0.05) is 18.0 Å². The summed E-state index contributed by atoms with van der Waals surface area (Å²) in [4.78, 5) is 27.5. The minimum Gasteiger partial charge on any atom is -0.351 e. The lowest BCUT2D eigenvalue weighted by atomic mass is 9.76. The smallest absolute Gasteiger partial charge is 0.228 e. The molecule has 1 aromatic carbocycles. The van der Waals surface area contributed by atoms with Gasteiger partial charge in [0.25, 0.3) is 0 Å². The molecule has 2 bridgehead atoms. The van der Waals surface area contributed by atoms with Crippen LogP contribution < -0.4 is 5.32 Å². The summed E-state index contributed by atoms with van der Waals surface area (Å²) >= 11 is 0. The Labute approximate surface area is 154 Å². The van der Waals surface area contributed by atoms with Crippen LogP contribution in [0.1, 0.15) is 51.0 Å². The largest absolute Gasteiger partial charge is 0.351 e. The molecule has 0 spiro atoms. The SMILES string of the molecule is CC1(C(=O)N2CCC3CCC(NC(=O)Cc4cccc(F)c4)C2C3)CC1. The van der Waals surface area contributed by atoms with E-state index in [1.807, 2.05) is 0 Å². The fourth-order valence-corrected chi connectivity index (χ4v) is 4.58. The summed E-state index contributed by atoms with van der Waals surface area (Å²) in [5.74, 6) is 0.534. The second-order valence-corrected chi connectivity index (χ2v) is 8.58. The highest BCUT2D eigenvalue weighted by atomic mass is 19.1. The fourth-order valence-electron chi connectivity index (χ4n) is 4.58. The topological polar surface area (TPSA) is 49.4 Å². The number of carbonyl (C=O) groups excluding carboxylic acids is 2. The molecule has 1 heterocycles. The lowest BCUT2D eigenvalue weighted by Crippen LogP contribution is -2.60. The highest BCUT2D eigenvalue weighted by Crippen LogP contribution is 2.48. The molecule has 2 amide bonds. The number of rotatable bonds is 4. The molecular formula is C21H27FN2O2. The average molecular weight is 358 g/mol. The van der Waals surface area contributed by atoms with E-state index in [9.17, 15) is 14.0 Å². The summed E-state index contributed by atoms with van der Waals surface area (Å²) in [6.07, 6.45) is 6.25. The predicted octanol–water partition coefficient (Wildman–Crippen LogP) is 3.05. The van der Waals surface area contributed by atoms with Gasteiger partial charge in [-0.15, -0.1) is 0 Å².